The molecule has 0 aliphatic carbocycles. The molecule has 2 aromatic heterocycles. The average molecular weight is 511 g/mol. The molecule has 0 spiro atoms. The summed E-state index contributed by atoms with van der Waals surface area (Å²) in [4.78, 5) is 29.8. The van der Waals surface area contributed by atoms with Gasteiger partial charge in [-0.05, 0) is 44.3 Å². The first kappa shape index (κ1) is 23.5. The van der Waals surface area contributed by atoms with E-state index in [0.29, 0.717) is 17.5 Å². The van der Waals surface area contributed by atoms with Crippen LogP contribution in [0.3, 0.4) is 0 Å². The predicted molar refractivity (Wildman–Crippen MR) is 125 cm³/mol. The largest absolute Gasteiger partial charge is 0.465 e. The third kappa shape index (κ3) is 5.38. The van der Waals surface area contributed by atoms with Gasteiger partial charge in [-0.15, -0.1) is 12.4 Å². The summed E-state index contributed by atoms with van der Waals surface area (Å²) in [5, 5.41) is 3.36. The number of piperazine rings is 1. The first-order valence-electron chi connectivity index (χ1n) is 9.91. The number of carbonyl (C=O) groups excluding carboxylic acids is 1. The fourth-order valence-electron chi connectivity index (χ4n) is 3.69. The second-order valence-corrected chi connectivity index (χ2v) is 8.54. The van der Waals surface area contributed by atoms with E-state index in [2.05, 4.69) is 38.1 Å². The molecule has 1 aliphatic rings. The van der Waals surface area contributed by atoms with Crippen LogP contribution in [-0.4, -0.2) is 55.5 Å². The van der Waals surface area contributed by atoms with Gasteiger partial charge in [0.1, 0.15) is 17.1 Å². The average Bonchev–Trinajstić information content (AvgIpc) is 3.15. The number of carbonyl (C=O) groups is 1. The maximum atomic E-state index is 12.8. The monoisotopic (exact) mass is 509 g/mol. The zero-order valence-electron chi connectivity index (χ0n) is 17.4. The van der Waals surface area contributed by atoms with Crippen LogP contribution in [0, 0.1) is 6.92 Å². The summed E-state index contributed by atoms with van der Waals surface area (Å²) < 4.78 is 12.3. The van der Waals surface area contributed by atoms with E-state index >= 15 is 0 Å². The number of aryl methyl sites for hydroxylation is 1. The maximum absolute atomic E-state index is 12.8. The minimum absolute atomic E-state index is 0. The molecule has 0 radical (unpaired) electrons. The van der Waals surface area contributed by atoms with Crippen LogP contribution in [0.15, 0.2) is 54.5 Å². The number of benzene rings is 1. The smallest absolute Gasteiger partial charge is 0.287 e. The van der Waals surface area contributed by atoms with Crippen molar-refractivity contribution < 1.29 is 13.6 Å². The molecular formula is C22H25BrClN3O4. The Balaban J connectivity index is 0.00000272. The molecule has 7 nitrogen and oxygen atoms in total. The lowest BCUT2D eigenvalue weighted by atomic mass is 10.1. The molecule has 4 rings (SSSR count). The van der Waals surface area contributed by atoms with Crippen molar-refractivity contribution in [2.24, 2.45) is 0 Å². The number of fused-ring (bicyclic) bond motifs is 1. The molecular weight excluding hydrogens is 486 g/mol. The van der Waals surface area contributed by atoms with Crippen LogP contribution in [-0.2, 0) is 0 Å². The lowest BCUT2D eigenvalue weighted by Crippen LogP contribution is -2.48. The van der Waals surface area contributed by atoms with E-state index < -0.39 is 5.91 Å². The molecule has 1 atom stereocenters. The van der Waals surface area contributed by atoms with Crippen molar-refractivity contribution in [3.63, 3.8) is 0 Å². The highest BCUT2D eigenvalue weighted by Gasteiger charge is 2.27. The molecule has 0 bridgehead atoms. The number of hydrogen-bond acceptors (Lipinski definition) is 6. The number of hydrogen-bond donors (Lipinski definition) is 1. The summed E-state index contributed by atoms with van der Waals surface area (Å²) >= 11 is 3.34. The lowest BCUT2D eigenvalue weighted by Gasteiger charge is -2.37. The summed E-state index contributed by atoms with van der Waals surface area (Å²) in [6, 6.07) is 10.2. The van der Waals surface area contributed by atoms with Gasteiger partial charge >= 0.3 is 0 Å². The molecule has 1 fully saturated rings. The first-order valence-corrected chi connectivity index (χ1v) is 10.7. The summed E-state index contributed by atoms with van der Waals surface area (Å²) in [7, 11) is 2.10. The van der Waals surface area contributed by atoms with Gasteiger partial charge in [0.2, 0.25) is 0 Å². The van der Waals surface area contributed by atoms with Crippen LogP contribution in [0.5, 0.6) is 0 Å². The standard InChI is InChI=1S/C22H24BrN3O4.ClH/c1-14-3-5-20(29-14)17(26-9-7-25(2)8-10-26)13-24-22(28)21-12-18(27)16-11-15(23)4-6-19(16)30-21;/h3-6,11-12,17H,7-10,13H2,1-2H3,(H,24,28);1H. The van der Waals surface area contributed by atoms with Gasteiger partial charge in [0.25, 0.3) is 5.91 Å². The van der Waals surface area contributed by atoms with Crippen LogP contribution in [0.25, 0.3) is 11.0 Å². The Kier molecular flexibility index (Phi) is 7.59. The molecule has 1 unspecified atom stereocenters. The highest BCUT2D eigenvalue weighted by molar-refractivity contribution is 9.10. The molecule has 9 heteroatoms. The molecule has 1 aromatic carbocycles. The van der Waals surface area contributed by atoms with Crippen molar-refractivity contribution in [2.45, 2.75) is 13.0 Å². The van der Waals surface area contributed by atoms with Crippen LogP contribution in [0.4, 0.5) is 0 Å². The maximum Gasteiger partial charge on any atom is 0.287 e. The van der Waals surface area contributed by atoms with Gasteiger partial charge in [0, 0.05) is 43.3 Å². The Morgan fingerprint density at radius 1 is 1.13 bits per heavy atom. The van der Waals surface area contributed by atoms with Crippen LogP contribution >= 0.6 is 28.3 Å². The molecule has 1 amide bonds. The second kappa shape index (κ2) is 9.99. The number of halogens is 2. The Labute approximate surface area is 194 Å². The van der Waals surface area contributed by atoms with Gasteiger partial charge in [-0.2, -0.15) is 0 Å². The molecule has 166 valence electrons. The summed E-state index contributed by atoms with van der Waals surface area (Å²) in [5.74, 6) is 1.24. The summed E-state index contributed by atoms with van der Waals surface area (Å²) in [5.41, 5.74) is 0.133. The normalized spacial score (nSPS) is 16.1. The molecule has 3 aromatic rings. The number of furan rings is 1. The summed E-state index contributed by atoms with van der Waals surface area (Å²) in [6.45, 7) is 5.95. The fraction of sp³-hybridized carbons (Fsp3) is 0.364. The Morgan fingerprint density at radius 2 is 1.87 bits per heavy atom. The first-order chi connectivity index (χ1) is 14.4. The van der Waals surface area contributed by atoms with Crippen molar-refractivity contribution in [2.75, 3.05) is 39.8 Å². The van der Waals surface area contributed by atoms with Crippen molar-refractivity contribution in [1.29, 1.82) is 0 Å². The van der Waals surface area contributed by atoms with E-state index in [0.717, 1.165) is 42.2 Å². The molecule has 1 saturated heterocycles. The van der Waals surface area contributed by atoms with E-state index in [1.807, 2.05) is 19.1 Å². The highest BCUT2D eigenvalue weighted by Crippen LogP contribution is 2.24. The fourth-order valence-corrected chi connectivity index (χ4v) is 4.05. The predicted octanol–water partition coefficient (Wildman–Crippen LogP) is 3.60. The quantitative estimate of drug-likeness (QED) is 0.565. The van der Waals surface area contributed by atoms with Gasteiger partial charge in [-0.25, -0.2) is 0 Å². The van der Waals surface area contributed by atoms with E-state index in [1.165, 1.54) is 6.07 Å². The molecule has 3 heterocycles. The molecule has 1 aliphatic heterocycles. The van der Waals surface area contributed by atoms with Crippen LogP contribution < -0.4 is 10.7 Å². The Hall–Kier alpha value is -2.13. The van der Waals surface area contributed by atoms with Gasteiger partial charge in [-0.3, -0.25) is 14.5 Å². The van der Waals surface area contributed by atoms with Gasteiger partial charge in [-0.1, -0.05) is 15.9 Å². The number of nitrogens with zero attached hydrogens (tertiary/aromatic N) is 2. The topological polar surface area (TPSA) is 78.9 Å². The minimum Gasteiger partial charge on any atom is -0.465 e. The third-order valence-corrected chi connectivity index (χ3v) is 5.93. The zero-order chi connectivity index (χ0) is 21.3. The molecule has 1 N–H and O–H groups in total. The Bertz CT molecular complexity index is 1120. The molecule has 31 heavy (non-hydrogen) atoms. The number of rotatable bonds is 5. The highest BCUT2D eigenvalue weighted by atomic mass is 79.9. The third-order valence-electron chi connectivity index (χ3n) is 5.44. The van der Waals surface area contributed by atoms with Crippen LogP contribution in [0.2, 0.25) is 0 Å². The number of nitrogens with one attached hydrogen (secondary N) is 1. The lowest BCUT2D eigenvalue weighted by molar-refractivity contribution is 0.0830. The zero-order valence-corrected chi connectivity index (χ0v) is 19.8. The van der Waals surface area contributed by atoms with Crippen molar-refractivity contribution >= 4 is 45.2 Å². The van der Waals surface area contributed by atoms with E-state index in [9.17, 15) is 9.59 Å². The van der Waals surface area contributed by atoms with E-state index in [1.54, 1.807) is 18.2 Å². The van der Waals surface area contributed by atoms with Gasteiger partial charge in [0.05, 0.1) is 11.4 Å². The molecule has 0 saturated carbocycles. The van der Waals surface area contributed by atoms with E-state index in [-0.39, 0.29) is 29.6 Å². The van der Waals surface area contributed by atoms with Crippen molar-refractivity contribution in [3.05, 3.63) is 68.4 Å². The number of amides is 1. The number of likely N-dealkylation sites (N-methyl/N-ethyl adjacent to an activating group) is 1. The van der Waals surface area contributed by atoms with Crippen molar-refractivity contribution in [3.8, 4) is 0 Å². The summed E-state index contributed by atoms with van der Waals surface area (Å²) in [6.07, 6.45) is 0. The van der Waals surface area contributed by atoms with Crippen LogP contribution in [0.1, 0.15) is 28.1 Å². The minimum atomic E-state index is -0.417. The van der Waals surface area contributed by atoms with Gasteiger partial charge in [0.15, 0.2) is 11.2 Å². The van der Waals surface area contributed by atoms with Gasteiger partial charge < -0.3 is 19.1 Å². The SMILES string of the molecule is Cc1ccc(C(CNC(=O)c2cc(=O)c3cc(Br)ccc3o2)N2CCN(C)CC2)o1.Cl. The second-order valence-electron chi connectivity index (χ2n) is 7.63. The Morgan fingerprint density at radius 3 is 2.55 bits per heavy atom. The van der Waals surface area contributed by atoms with Crippen molar-refractivity contribution in [1.82, 2.24) is 15.1 Å². The van der Waals surface area contributed by atoms with E-state index in [4.69, 9.17) is 8.83 Å².